The molecule has 2 aromatic heterocycles. The van der Waals surface area contributed by atoms with E-state index in [0.29, 0.717) is 56.5 Å². The van der Waals surface area contributed by atoms with Gasteiger partial charge in [-0.1, -0.05) is 31.2 Å². The minimum Gasteiger partial charge on any atom is -0.381 e. The summed E-state index contributed by atoms with van der Waals surface area (Å²) in [5, 5.41) is 16.5. The zero-order valence-electron chi connectivity index (χ0n) is 23.1. The predicted molar refractivity (Wildman–Crippen MR) is 151 cm³/mol. The number of nitrogens with zero attached hydrogens (tertiary/aromatic N) is 5. The van der Waals surface area contributed by atoms with E-state index < -0.39 is 13.9 Å². The van der Waals surface area contributed by atoms with E-state index in [2.05, 4.69) is 35.0 Å². The average Bonchev–Trinajstić information content (AvgIpc) is 3.48. The first-order chi connectivity index (χ1) is 18.5. The highest BCUT2D eigenvalue weighted by molar-refractivity contribution is 6.76. The Bertz CT molecular complexity index is 1290. The van der Waals surface area contributed by atoms with Gasteiger partial charge < -0.3 is 19.4 Å². The first-order valence-corrected chi connectivity index (χ1v) is 17.0. The maximum Gasteiger partial charge on any atom is 0.271 e. The van der Waals surface area contributed by atoms with Crippen LogP contribution in [0.5, 0.6) is 0 Å². The van der Waals surface area contributed by atoms with Gasteiger partial charge in [-0.05, 0) is 38.1 Å². The van der Waals surface area contributed by atoms with E-state index in [-0.39, 0.29) is 22.5 Å². The van der Waals surface area contributed by atoms with Gasteiger partial charge in [0.05, 0.1) is 23.9 Å². The van der Waals surface area contributed by atoms with Gasteiger partial charge in [0.25, 0.3) is 5.91 Å². The van der Waals surface area contributed by atoms with Gasteiger partial charge in [-0.15, -0.1) is 0 Å². The normalized spacial score (nSPS) is 12.4. The number of benzene rings is 1. The van der Waals surface area contributed by atoms with E-state index in [4.69, 9.17) is 26.3 Å². The van der Waals surface area contributed by atoms with E-state index in [9.17, 15) is 9.18 Å². The lowest BCUT2D eigenvalue weighted by Crippen LogP contribution is -2.36. The molecule has 3 aromatic rings. The molecule has 0 aliphatic heterocycles. The van der Waals surface area contributed by atoms with Crippen LogP contribution in [0.1, 0.15) is 35.7 Å². The van der Waals surface area contributed by atoms with E-state index in [0.717, 1.165) is 11.9 Å². The van der Waals surface area contributed by atoms with E-state index in [1.165, 1.54) is 12.1 Å². The molecule has 1 amide bonds. The van der Waals surface area contributed by atoms with Crippen molar-refractivity contribution in [3.8, 4) is 17.3 Å². The summed E-state index contributed by atoms with van der Waals surface area (Å²) in [5.41, 5.74) is 1.08. The van der Waals surface area contributed by atoms with Crippen molar-refractivity contribution in [3.63, 3.8) is 0 Å². The Kier molecular flexibility index (Phi) is 10.8. The van der Waals surface area contributed by atoms with Gasteiger partial charge >= 0.3 is 0 Å². The molecule has 0 saturated carbocycles. The standard InChI is InChI=1S/C27H36ClFN6O3Si/c1-6-37-10-8-26-32-25(17-34(26)18-38-11-12-39(3,4)5)27(36)31-19(2)16-35-9-7-24(33-35)20-13-22(28)21(15-30)23(29)14-20/h7,9,13-14,17,19H,6,8,10-12,16,18H2,1-5H3,(H,31,36)/t19-/m0/s1. The summed E-state index contributed by atoms with van der Waals surface area (Å²) in [4.78, 5) is 17.5. The molecule has 39 heavy (non-hydrogen) atoms. The van der Waals surface area contributed by atoms with Crippen LogP contribution < -0.4 is 5.32 Å². The number of nitriles is 1. The molecule has 0 unspecified atom stereocenters. The van der Waals surface area contributed by atoms with Gasteiger partial charge in [0.2, 0.25) is 0 Å². The molecule has 210 valence electrons. The number of amides is 1. The number of ether oxygens (including phenoxy) is 2. The van der Waals surface area contributed by atoms with Crippen molar-refractivity contribution in [2.45, 2.75) is 65.3 Å². The highest BCUT2D eigenvalue weighted by Crippen LogP contribution is 2.26. The molecule has 0 bridgehead atoms. The second kappa shape index (κ2) is 13.8. The topological polar surface area (TPSA) is 107 Å². The third-order valence-electron chi connectivity index (χ3n) is 5.92. The number of aromatic nitrogens is 4. The van der Waals surface area contributed by atoms with Gasteiger partial charge in [0.1, 0.15) is 35.7 Å². The Hall–Kier alpha value is -3.04. The zero-order chi connectivity index (χ0) is 28.6. The maximum atomic E-state index is 14.2. The molecule has 1 N–H and O–H groups in total. The first kappa shape index (κ1) is 30.5. The van der Waals surface area contributed by atoms with Crippen LogP contribution in [0.2, 0.25) is 30.7 Å². The minimum absolute atomic E-state index is 0.0317. The van der Waals surface area contributed by atoms with E-state index in [1.807, 2.05) is 18.4 Å². The van der Waals surface area contributed by atoms with Crippen molar-refractivity contribution >= 4 is 25.6 Å². The largest absolute Gasteiger partial charge is 0.381 e. The van der Waals surface area contributed by atoms with Gasteiger partial charge in [0.15, 0.2) is 0 Å². The second-order valence-corrected chi connectivity index (χ2v) is 16.6. The van der Waals surface area contributed by atoms with Crippen LogP contribution in [0.25, 0.3) is 11.3 Å². The molecule has 0 aliphatic rings. The first-order valence-electron chi connectivity index (χ1n) is 13.0. The lowest BCUT2D eigenvalue weighted by Gasteiger charge is -2.16. The van der Waals surface area contributed by atoms with Crippen LogP contribution >= 0.6 is 11.6 Å². The SMILES string of the molecule is CCOCCc1nc(C(=O)N[C@@H](C)Cn2ccc(-c3cc(F)c(C#N)c(Cl)c3)n2)cn1COCC[Si](C)(C)C. The van der Waals surface area contributed by atoms with Crippen molar-refractivity contribution in [2.24, 2.45) is 0 Å². The minimum atomic E-state index is -1.20. The Labute approximate surface area is 234 Å². The molecule has 9 nitrogen and oxygen atoms in total. The fraction of sp³-hybridized carbons (Fsp3) is 0.481. The van der Waals surface area contributed by atoms with Gasteiger partial charge in [-0.3, -0.25) is 9.48 Å². The molecule has 0 aliphatic carbocycles. The van der Waals surface area contributed by atoms with Crippen LogP contribution in [-0.4, -0.2) is 59.2 Å². The number of hydrogen-bond donors (Lipinski definition) is 1. The van der Waals surface area contributed by atoms with E-state index in [1.54, 1.807) is 29.2 Å². The number of imidazole rings is 1. The summed E-state index contributed by atoms with van der Waals surface area (Å²) in [6.45, 7) is 13.2. The Morgan fingerprint density at radius 2 is 2.05 bits per heavy atom. The fourth-order valence-electron chi connectivity index (χ4n) is 3.79. The molecule has 0 radical (unpaired) electrons. The van der Waals surface area contributed by atoms with Crippen molar-refractivity contribution in [2.75, 3.05) is 19.8 Å². The van der Waals surface area contributed by atoms with Crippen molar-refractivity contribution < 1.29 is 18.7 Å². The van der Waals surface area contributed by atoms with Crippen molar-refractivity contribution in [1.29, 1.82) is 5.26 Å². The summed E-state index contributed by atoms with van der Waals surface area (Å²) >= 11 is 6.03. The molecule has 1 atom stereocenters. The van der Waals surface area contributed by atoms with Crippen LogP contribution in [0, 0.1) is 17.1 Å². The van der Waals surface area contributed by atoms with Crippen LogP contribution in [0.15, 0.2) is 30.6 Å². The number of carbonyl (C=O) groups is 1. The second-order valence-electron chi connectivity index (χ2n) is 10.5. The summed E-state index contributed by atoms with van der Waals surface area (Å²) in [6, 6.07) is 7.01. The van der Waals surface area contributed by atoms with Crippen molar-refractivity contribution in [3.05, 3.63) is 58.5 Å². The third kappa shape index (κ3) is 9.00. The number of nitrogens with one attached hydrogen (secondary N) is 1. The smallest absolute Gasteiger partial charge is 0.271 e. The van der Waals surface area contributed by atoms with Gasteiger partial charge in [-0.2, -0.15) is 10.4 Å². The quantitative estimate of drug-likeness (QED) is 0.211. The number of hydrogen-bond acceptors (Lipinski definition) is 6. The Balaban J connectivity index is 1.63. The molecular formula is C27H36ClFN6O3Si. The van der Waals surface area contributed by atoms with Gasteiger partial charge in [0, 0.05) is 51.7 Å². The Morgan fingerprint density at radius 3 is 2.72 bits per heavy atom. The molecule has 0 saturated heterocycles. The summed E-state index contributed by atoms with van der Waals surface area (Å²) < 4.78 is 29.0. The number of carbonyl (C=O) groups excluding carboxylic acids is 1. The highest BCUT2D eigenvalue weighted by Gasteiger charge is 2.18. The number of halogens is 2. The molecule has 1 aromatic carbocycles. The lowest BCUT2D eigenvalue weighted by atomic mass is 10.1. The highest BCUT2D eigenvalue weighted by atomic mass is 35.5. The van der Waals surface area contributed by atoms with Crippen LogP contribution in [-0.2, 0) is 29.2 Å². The monoisotopic (exact) mass is 574 g/mol. The lowest BCUT2D eigenvalue weighted by molar-refractivity contribution is 0.0831. The molecule has 0 fully saturated rings. The summed E-state index contributed by atoms with van der Waals surface area (Å²) in [5.74, 6) is -0.259. The number of rotatable bonds is 14. The molecule has 12 heteroatoms. The predicted octanol–water partition coefficient (Wildman–Crippen LogP) is 5.12. The maximum absolute atomic E-state index is 14.2. The molecular weight excluding hydrogens is 539 g/mol. The van der Waals surface area contributed by atoms with Crippen LogP contribution in [0.4, 0.5) is 4.39 Å². The van der Waals surface area contributed by atoms with E-state index >= 15 is 0 Å². The fourth-order valence-corrected chi connectivity index (χ4v) is 4.80. The average molecular weight is 575 g/mol. The third-order valence-corrected chi connectivity index (χ3v) is 7.92. The zero-order valence-corrected chi connectivity index (χ0v) is 24.9. The van der Waals surface area contributed by atoms with Crippen molar-refractivity contribution in [1.82, 2.24) is 24.6 Å². The molecule has 3 rings (SSSR count). The van der Waals surface area contributed by atoms with Gasteiger partial charge in [-0.25, -0.2) is 9.37 Å². The molecule has 2 heterocycles. The molecule has 0 spiro atoms. The Morgan fingerprint density at radius 1 is 1.28 bits per heavy atom. The van der Waals surface area contributed by atoms with Crippen LogP contribution in [0.3, 0.4) is 0 Å². The summed E-state index contributed by atoms with van der Waals surface area (Å²) in [6.07, 6.45) is 4.03. The summed E-state index contributed by atoms with van der Waals surface area (Å²) in [7, 11) is -1.20.